The maximum absolute atomic E-state index is 12.7. The minimum absolute atomic E-state index is 0.0165. The van der Waals surface area contributed by atoms with Gasteiger partial charge < -0.3 is 5.11 Å². The van der Waals surface area contributed by atoms with E-state index < -0.39 is 6.43 Å². The predicted octanol–water partition coefficient (Wildman–Crippen LogP) is 3.27. The van der Waals surface area contributed by atoms with E-state index in [0.717, 1.165) is 0 Å². The molecule has 2 aromatic carbocycles. The fourth-order valence-electron chi connectivity index (χ4n) is 1.71. The van der Waals surface area contributed by atoms with Gasteiger partial charge in [0.05, 0.1) is 6.61 Å². The Labute approximate surface area is 86.0 Å². The van der Waals surface area contributed by atoms with Gasteiger partial charge in [0.15, 0.2) is 0 Å². The second-order valence-corrected chi connectivity index (χ2v) is 3.32. The lowest BCUT2D eigenvalue weighted by Gasteiger charge is -2.08. The van der Waals surface area contributed by atoms with Crippen molar-refractivity contribution in [1.29, 1.82) is 0 Å². The van der Waals surface area contributed by atoms with E-state index in [1.807, 2.05) is 0 Å². The zero-order chi connectivity index (χ0) is 10.8. The molecule has 0 aliphatic rings. The summed E-state index contributed by atoms with van der Waals surface area (Å²) in [6.07, 6.45) is -2.48. The molecule has 0 spiro atoms. The Morgan fingerprint density at radius 2 is 1.67 bits per heavy atom. The van der Waals surface area contributed by atoms with Crippen molar-refractivity contribution >= 4 is 10.8 Å². The third kappa shape index (κ3) is 1.70. The number of hydrogen-bond acceptors (Lipinski definition) is 1. The van der Waals surface area contributed by atoms with Crippen LogP contribution in [0.25, 0.3) is 10.8 Å². The maximum Gasteiger partial charge on any atom is 0.264 e. The molecular weight excluding hydrogens is 198 g/mol. The molecule has 0 radical (unpaired) electrons. The zero-order valence-corrected chi connectivity index (χ0v) is 7.95. The van der Waals surface area contributed by atoms with E-state index in [0.29, 0.717) is 16.3 Å². The second-order valence-electron chi connectivity index (χ2n) is 3.32. The SMILES string of the molecule is OCc1ccc(C(F)F)c2ccccc12. The first-order valence-corrected chi connectivity index (χ1v) is 4.63. The van der Waals surface area contributed by atoms with Gasteiger partial charge in [-0.05, 0) is 16.3 Å². The highest BCUT2D eigenvalue weighted by atomic mass is 19.3. The van der Waals surface area contributed by atoms with Crippen LogP contribution < -0.4 is 0 Å². The molecule has 0 aromatic heterocycles. The molecule has 0 bridgehead atoms. The summed E-state index contributed by atoms with van der Waals surface area (Å²) >= 11 is 0. The molecule has 3 heteroatoms. The van der Waals surface area contributed by atoms with Crippen LogP contribution in [0.1, 0.15) is 17.6 Å². The number of halogens is 2. The van der Waals surface area contributed by atoms with Crippen LogP contribution in [0.2, 0.25) is 0 Å². The minimum Gasteiger partial charge on any atom is -0.392 e. The number of alkyl halides is 2. The van der Waals surface area contributed by atoms with Crippen molar-refractivity contribution in [2.24, 2.45) is 0 Å². The molecule has 0 heterocycles. The summed E-state index contributed by atoms with van der Waals surface area (Å²) in [7, 11) is 0. The number of hydrogen-bond donors (Lipinski definition) is 1. The molecule has 1 nitrogen and oxygen atoms in total. The van der Waals surface area contributed by atoms with Gasteiger partial charge in [-0.3, -0.25) is 0 Å². The van der Waals surface area contributed by atoms with Crippen molar-refractivity contribution in [2.45, 2.75) is 13.0 Å². The molecule has 0 aliphatic carbocycles. The lowest BCUT2D eigenvalue weighted by atomic mass is 10.0. The van der Waals surface area contributed by atoms with Gasteiger partial charge in [0, 0.05) is 5.56 Å². The Morgan fingerprint density at radius 1 is 1.00 bits per heavy atom. The first-order valence-electron chi connectivity index (χ1n) is 4.63. The fourth-order valence-corrected chi connectivity index (χ4v) is 1.71. The zero-order valence-electron chi connectivity index (χ0n) is 7.95. The lowest BCUT2D eigenvalue weighted by Crippen LogP contribution is -1.91. The van der Waals surface area contributed by atoms with Crippen LogP contribution >= 0.6 is 0 Å². The Balaban J connectivity index is 2.77. The first-order chi connectivity index (χ1) is 7.24. The standard InChI is InChI=1S/C12H10F2O/c13-12(14)11-6-5-8(7-15)9-3-1-2-4-10(9)11/h1-6,12,15H,7H2. The summed E-state index contributed by atoms with van der Waals surface area (Å²) in [4.78, 5) is 0. The molecule has 0 fully saturated rings. The summed E-state index contributed by atoms with van der Waals surface area (Å²) in [6.45, 7) is -0.135. The Bertz CT molecular complexity index is 480. The van der Waals surface area contributed by atoms with Gasteiger partial charge in [-0.1, -0.05) is 36.4 Å². The lowest BCUT2D eigenvalue weighted by molar-refractivity contribution is 0.153. The highest BCUT2D eigenvalue weighted by Gasteiger charge is 2.12. The van der Waals surface area contributed by atoms with E-state index in [2.05, 4.69) is 0 Å². The Morgan fingerprint density at radius 3 is 2.27 bits per heavy atom. The average Bonchev–Trinajstić information content (AvgIpc) is 2.27. The monoisotopic (exact) mass is 208 g/mol. The molecule has 2 rings (SSSR count). The van der Waals surface area contributed by atoms with Crippen LogP contribution in [0, 0.1) is 0 Å². The quantitative estimate of drug-likeness (QED) is 0.803. The molecular formula is C12H10F2O. The van der Waals surface area contributed by atoms with Gasteiger partial charge in [-0.25, -0.2) is 8.78 Å². The molecule has 0 atom stereocenters. The maximum atomic E-state index is 12.7. The van der Waals surface area contributed by atoms with E-state index in [4.69, 9.17) is 5.11 Å². The smallest absolute Gasteiger partial charge is 0.264 e. The van der Waals surface area contributed by atoms with Crippen molar-refractivity contribution in [3.05, 3.63) is 47.5 Å². The average molecular weight is 208 g/mol. The van der Waals surface area contributed by atoms with Gasteiger partial charge in [0.1, 0.15) is 0 Å². The van der Waals surface area contributed by atoms with Crippen molar-refractivity contribution in [1.82, 2.24) is 0 Å². The predicted molar refractivity (Wildman–Crippen MR) is 54.8 cm³/mol. The van der Waals surface area contributed by atoms with E-state index in [1.54, 1.807) is 30.3 Å². The van der Waals surface area contributed by atoms with Crippen LogP contribution in [0.4, 0.5) is 8.78 Å². The van der Waals surface area contributed by atoms with Crippen molar-refractivity contribution < 1.29 is 13.9 Å². The van der Waals surface area contributed by atoms with E-state index in [9.17, 15) is 8.78 Å². The number of aliphatic hydroxyl groups excluding tert-OH is 1. The molecule has 0 saturated carbocycles. The van der Waals surface area contributed by atoms with Crippen LogP contribution in [0.3, 0.4) is 0 Å². The number of fused-ring (bicyclic) bond motifs is 1. The summed E-state index contributed by atoms with van der Waals surface area (Å²) < 4.78 is 25.3. The van der Waals surface area contributed by atoms with E-state index >= 15 is 0 Å². The summed E-state index contributed by atoms with van der Waals surface area (Å²) in [5.74, 6) is 0. The van der Waals surface area contributed by atoms with Crippen molar-refractivity contribution in [3.63, 3.8) is 0 Å². The number of aliphatic hydroxyl groups is 1. The van der Waals surface area contributed by atoms with Crippen LogP contribution in [0.5, 0.6) is 0 Å². The van der Waals surface area contributed by atoms with Gasteiger partial charge in [0.25, 0.3) is 6.43 Å². The van der Waals surface area contributed by atoms with Gasteiger partial charge >= 0.3 is 0 Å². The van der Waals surface area contributed by atoms with Crippen LogP contribution in [-0.2, 0) is 6.61 Å². The molecule has 0 amide bonds. The highest BCUT2D eigenvalue weighted by Crippen LogP contribution is 2.29. The van der Waals surface area contributed by atoms with E-state index in [1.165, 1.54) is 6.07 Å². The summed E-state index contributed by atoms with van der Waals surface area (Å²) in [5.41, 5.74) is 0.692. The fraction of sp³-hybridized carbons (Fsp3) is 0.167. The highest BCUT2D eigenvalue weighted by molar-refractivity contribution is 5.88. The van der Waals surface area contributed by atoms with Gasteiger partial charge in [-0.2, -0.15) is 0 Å². The van der Waals surface area contributed by atoms with Crippen LogP contribution in [0.15, 0.2) is 36.4 Å². The molecule has 0 aliphatic heterocycles. The van der Waals surface area contributed by atoms with Gasteiger partial charge in [0.2, 0.25) is 0 Å². The van der Waals surface area contributed by atoms with E-state index in [-0.39, 0.29) is 12.2 Å². The van der Waals surface area contributed by atoms with Crippen molar-refractivity contribution in [3.8, 4) is 0 Å². The first kappa shape index (κ1) is 10.1. The molecule has 0 saturated heterocycles. The summed E-state index contributed by atoms with van der Waals surface area (Å²) in [5, 5.41) is 10.3. The molecule has 15 heavy (non-hydrogen) atoms. The largest absolute Gasteiger partial charge is 0.392 e. The second kappa shape index (κ2) is 3.95. The Kier molecular flexibility index (Phi) is 2.64. The molecule has 1 N–H and O–H groups in total. The molecule has 0 unspecified atom stereocenters. The minimum atomic E-state index is -2.48. The number of rotatable bonds is 2. The third-order valence-electron chi connectivity index (χ3n) is 2.45. The van der Waals surface area contributed by atoms with Gasteiger partial charge in [-0.15, -0.1) is 0 Å². The third-order valence-corrected chi connectivity index (χ3v) is 2.45. The molecule has 2 aromatic rings. The van der Waals surface area contributed by atoms with Crippen molar-refractivity contribution in [2.75, 3.05) is 0 Å². The number of benzene rings is 2. The Hall–Kier alpha value is -1.48. The normalized spacial score (nSPS) is 11.2. The van der Waals surface area contributed by atoms with Crippen LogP contribution in [-0.4, -0.2) is 5.11 Å². The summed E-state index contributed by atoms with van der Waals surface area (Å²) in [6, 6.07) is 9.80. The topological polar surface area (TPSA) is 20.2 Å². The molecule has 78 valence electrons.